The molecule has 4 heteroatoms. The predicted molar refractivity (Wildman–Crippen MR) is 102 cm³/mol. The van der Waals surface area contributed by atoms with Crippen LogP contribution in [0.5, 0.6) is 0 Å². The van der Waals surface area contributed by atoms with Gasteiger partial charge in [-0.2, -0.15) is 0 Å². The van der Waals surface area contributed by atoms with E-state index >= 15 is 0 Å². The summed E-state index contributed by atoms with van der Waals surface area (Å²) < 4.78 is 0. The number of thiophene rings is 1. The lowest BCUT2D eigenvalue weighted by atomic mass is 9.99. The molecule has 3 aromatic rings. The van der Waals surface area contributed by atoms with E-state index in [1.807, 2.05) is 23.7 Å². The summed E-state index contributed by atoms with van der Waals surface area (Å²) in [7, 11) is 0. The first-order chi connectivity index (χ1) is 11.8. The van der Waals surface area contributed by atoms with Crippen LogP contribution in [0.1, 0.15) is 28.5 Å². The first-order valence-electron chi connectivity index (χ1n) is 8.65. The molecule has 1 atom stereocenters. The van der Waals surface area contributed by atoms with E-state index in [9.17, 15) is 0 Å². The Labute approximate surface area is 147 Å². The molecular weight excluding hydrogens is 314 g/mol. The number of hydrogen-bond donors (Lipinski definition) is 1. The Morgan fingerprint density at radius 2 is 2.08 bits per heavy atom. The predicted octanol–water partition coefficient (Wildman–Crippen LogP) is 3.99. The number of nitrogens with zero attached hydrogens (tertiary/aromatic N) is 2. The van der Waals surface area contributed by atoms with Gasteiger partial charge in [0.05, 0.1) is 6.04 Å². The van der Waals surface area contributed by atoms with Crippen LogP contribution in [0.15, 0.2) is 48.1 Å². The lowest BCUT2D eigenvalue weighted by molar-refractivity contribution is 0.244. The minimum absolute atomic E-state index is 0.348. The number of benzene rings is 1. The van der Waals surface area contributed by atoms with Gasteiger partial charge in [-0.25, -0.2) is 0 Å². The lowest BCUT2D eigenvalue weighted by Crippen LogP contribution is -2.32. The van der Waals surface area contributed by atoms with Gasteiger partial charge in [0.15, 0.2) is 0 Å². The summed E-state index contributed by atoms with van der Waals surface area (Å²) in [6.07, 6.45) is 5.03. The molecule has 0 amide bonds. The minimum atomic E-state index is 0.348. The number of pyridine rings is 1. The fourth-order valence-electron chi connectivity index (χ4n) is 3.55. The van der Waals surface area contributed by atoms with E-state index in [0.29, 0.717) is 6.04 Å². The van der Waals surface area contributed by atoms with Gasteiger partial charge in [-0.15, -0.1) is 11.3 Å². The van der Waals surface area contributed by atoms with Gasteiger partial charge in [-0.05, 0) is 60.0 Å². The van der Waals surface area contributed by atoms with Crippen molar-refractivity contribution in [1.29, 1.82) is 0 Å². The maximum absolute atomic E-state index is 4.23. The second-order valence-electron chi connectivity index (χ2n) is 6.55. The first-order valence-corrected chi connectivity index (χ1v) is 9.53. The van der Waals surface area contributed by atoms with Crippen molar-refractivity contribution in [1.82, 2.24) is 15.2 Å². The van der Waals surface area contributed by atoms with Crippen molar-refractivity contribution in [2.24, 2.45) is 0 Å². The molecule has 1 aliphatic rings. The summed E-state index contributed by atoms with van der Waals surface area (Å²) in [6, 6.07) is 11.6. The molecule has 0 aliphatic carbocycles. The van der Waals surface area contributed by atoms with Gasteiger partial charge in [0.25, 0.3) is 0 Å². The highest BCUT2D eigenvalue weighted by Gasteiger charge is 2.24. The van der Waals surface area contributed by atoms with Crippen LogP contribution in [0.2, 0.25) is 0 Å². The molecular formula is C20H23N3S. The third-order valence-corrected chi connectivity index (χ3v) is 5.84. The van der Waals surface area contributed by atoms with Gasteiger partial charge < -0.3 is 5.32 Å². The number of aromatic nitrogens is 1. The number of nitrogens with one attached hydrogen (secondary N) is 1. The van der Waals surface area contributed by atoms with Crippen molar-refractivity contribution in [2.75, 3.05) is 26.2 Å². The summed E-state index contributed by atoms with van der Waals surface area (Å²) in [5.74, 6) is 0. The molecule has 3 heterocycles. The van der Waals surface area contributed by atoms with Crippen molar-refractivity contribution in [3.05, 3.63) is 64.1 Å². The minimum Gasteiger partial charge on any atom is -0.315 e. The second-order valence-corrected chi connectivity index (χ2v) is 7.49. The van der Waals surface area contributed by atoms with E-state index in [1.54, 1.807) is 0 Å². The lowest BCUT2D eigenvalue weighted by Gasteiger charge is -2.30. The summed E-state index contributed by atoms with van der Waals surface area (Å²) in [4.78, 5) is 8.31. The normalized spacial score (nSPS) is 17.7. The van der Waals surface area contributed by atoms with Gasteiger partial charge in [0, 0.05) is 42.3 Å². The summed E-state index contributed by atoms with van der Waals surface area (Å²) in [5, 5.41) is 8.27. The van der Waals surface area contributed by atoms with E-state index in [1.165, 1.54) is 33.2 Å². The molecule has 124 valence electrons. The Morgan fingerprint density at radius 3 is 2.96 bits per heavy atom. The average Bonchev–Trinajstić information content (AvgIpc) is 2.86. The average molecular weight is 337 g/mol. The van der Waals surface area contributed by atoms with Gasteiger partial charge in [0.1, 0.15) is 0 Å². The van der Waals surface area contributed by atoms with Crippen LogP contribution in [0, 0.1) is 6.92 Å². The fraction of sp³-hybridized carbons (Fsp3) is 0.350. The highest BCUT2D eigenvalue weighted by atomic mass is 32.1. The fourth-order valence-corrected chi connectivity index (χ4v) is 4.61. The summed E-state index contributed by atoms with van der Waals surface area (Å²) in [6.45, 7) is 6.61. The van der Waals surface area contributed by atoms with Crippen LogP contribution in [-0.4, -0.2) is 36.1 Å². The highest BCUT2D eigenvalue weighted by Crippen LogP contribution is 2.34. The van der Waals surface area contributed by atoms with Crippen LogP contribution in [0.3, 0.4) is 0 Å². The number of rotatable bonds is 3. The molecule has 0 saturated carbocycles. The third kappa shape index (κ3) is 3.22. The van der Waals surface area contributed by atoms with Crippen molar-refractivity contribution >= 4 is 22.1 Å². The van der Waals surface area contributed by atoms with Crippen molar-refractivity contribution in [2.45, 2.75) is 19.4 Å². The van der Waals surface area contributed by atoms with Crippen LogP contribution in [-0.2, 0) is 0 Å². The smallest absolute Gasteiger partial charge is 0.0696 e. The number of aryl methyl sites for hydroxylation is 1. The van der Waals surface area contributed by atoms with Crippen LogP contribution >= 0.6 is 11.3 Å². The molecule has 1 fully saturated rings. The van der Waals surface area contributed by atoms with Gasteiger partial charge in [0.2, 0.25) is 0 Å². The van der Waals surface area contributed by atoms with Crippen molar-refractivity contribution in [3.8, 4) is 0 Å². The Hall–Kier alpha value is -1.75. The highest BCUT2D eigenvalue weighted by molar-refractivity contribution is 7.10. The van der Waals surface area contributed by atoms with Crippen molar-refractivity contribution < 1.29 is 0 Å². The molecule has 0 radical (unpaired) electrons. The van der Waals surface area contributed by atoms with Crippen LogP contribution in [0.4, 0.5) is 0 Å². The maximum Gasteiger partial charge on any atom is 0.0696 e. The largest absolute Gasteiger partial charge is 0.315 e. The monoisotopic (exact) mass is 337 g/mol. The van der Waals surface area contributed by atoms with Crippen molar-refractivity contribution in [3.63, 3.8) is 0 Å². The van der Waals surface area contributed by atoms with Gasteiger partial charge in [-0.3, -0.25) is 9.88 Å². The molecule has 1 N–H and O–H groups in total. The maximum atomic E-state index is 4.23. The quantitative estimate of drug-likeness (QED) is 0.783. The van der Waals surface area contributed by atoms with E-state index in [-0.39, 0.29) is 0 Å². The molecule has 4 rings (SSSR count). The Kier molecular flexibility index (Phi) is 4.60. The number of hydrogen-bond acceptors (Lipinski definition) is 4. The first kappa shape index (κ1) is 15.8. The van der Waals surface area contributed by atoms with E-state index < -0.39 is 0 Å². The summed E-state index contributed by atoms with van der Waals surface area (Å²) in [5.41, 5.74) is 2.75. The molecule has 1 aliphatic heterocycles. The Morgan fingerprint density at radius 1 is 1.12 bits per heavy atom. The molecule has 1 aromatic carbocycles. The van der Waals surface area contributed by atoms with Crippen LogP contribution < -0.4 is 5.32 Å². The zero-order chi connectivity index (χ0) is 16.4. The number of fused-ring (bicyclic) bond motifs is 1. The molecule has 0 bridgehead atoms. The SMILES string of the molecule is Cc1csc(C(c2ccc3cnccc3c2)N2CCCNCC2)c1. The Balaban J connectivity index is 1.77. The molecule has 0 spiro atoms. The van der Waals surface area contributed by atoms with E-state index in [4.69, 9.17) is 0 Å². The molecule has 1 saturated heterocycles. The Bertz CT molecular complexity index is 818. The van der Waals surface area contributed by atoms with E-state index in [0.717, 1.165) is 26.2 Å². The van der Waals surface area contributed by atoms with Gasteiger partial charge >= 0.3 is 0 Å². The third-order valence-electron chi connectivity index (χ3n) is 4.74. The summed E-state index contributed by atoms with van der Waals surface area (Å²) >= 11 is 1.88. The molecule has 1 unspecified atom stereocenters. The molecule has 2 aromatic heterocycles. The molecule has 24 heavy (non-hydrogen) atoms. The topological polar surface area (TPSA) is 28.2 Å². The van der Waals surface area contributed by atoms with Gasteiger partial charge in [-0.1, -0.05) is 12.1 Å². The zero-order valence-electron chi connectivity index (χ0n) is 14.0. The van der Waals surface area contributed by atoms with E-state index in [2.05, 4.69) is 57.8 Å². The standard InChI is InChI=1S/C20H23N3S/c1-15-11-19(24-14-15)20(23-9-2-6-21-8-10-23)17-3-4-18-13-22-7-5-16(18)12-17/h3-5,7,11-14,20-21H,2,6,8-10H2,1H3. The zero-order valence-corrected chi connectivity index (χ0v) is 14.9. The second kappa shape index (κ2) is 7.01. The molecule has 3 nitrogen and oxygen atoms in total. The van der Waals surface area contributed by atoms with Crippen LogP contribution in [0.25, 0.3) is 10.8 Å².